The number of rotatable bonds is 8. The molecule has 0 atom stereocenters. The molecule has 0 unspecified atom stereocenters. The molecular weight excluding hydrogens is 256 g/mol. The fourth-order valence-electron chi connectivity index (χ4n) is 0.923. The lowest BCUT2D eigenvalue weighted by atomic mass is 10.4. The molecule has 0 radical (unpaired) electrons. The number of nitrogens with one attached hydrogen (secondary N) is 2. The van der Waals surface area contributed by atoms with Gasteiger partial charge in [0.05, 0.1) is 0 Å². The van der Waals surface area contributed by atoms with E-state index >= 15 is 0 Å². The van der Waals surface area contributed by atoms with E-state index in [1.807, 2.05) is 0 Å². The molecule has 8 nitrogen and oxygen atoms in total. The summed E-state index contributed by atoms with van der Waals surface area (Å²) in [7, 11) is 0. The second kappa shape index (κ2) is 9.40. The Balaban J connectivity index is 3.65. The molecule has 0 rings (SSSR count). The third-order valence-corrected chi connectivity index (χ3v) is 1.71. The second-order valence-corrected chi connectivity index (χ2v) is 3.28. The highest BCUT2D eigenvalue weighted by atomic mass is 16.4. The van der Waals surface area contributed by atoms with E-state index < -0.39 is 23.8 Å². The van der Waals surface area contributed by atoms with E-state index in [-0.39, 0.29) is 13.1 Å². The highest BCUT2D eigenvalue weighted by Crippen LogP contribution is 1.79. The molecule has 0 fully saturated rings. The molecule has 2 amide bonds. The van der Waals surface area contributed by atoms with Crippen LogP contribution in [0.15, 0.2) is 24.3 Å². The van der Waals surface area contributed by atoms with Crippen molar-refractivity contribution in [2.24, 2.45) is 0 Å². The molecule has 0 aromatic heterocycles. The first-order valence-corrected chi connectivity index (χ1v) is 5.29. The van der Waals surface area contributed by atoms with Crippen LogP contribution in [-0.4, -0.2) is 47.1 Å². The summed E-state index contributed by atoms with van der Waals surface area (Å²) >= 11 is 0. The topological polar surface area (TPSA) is 133 Å². The largest absolute Gasteiger partial charge is 0.478 e. The highest BCUT2D eigenvalue weighted by Gasteiger charge is 1.98. The lowest BCUT2D eigenvalue weighted by Crippen LogP contribution is -2.28. The fourth-order valence-corrected chi connectivity index (χ4v) is 0.923. The van der Waals surface area contributed by atoms with Crippen molar-refractivity contribution in [3.63, 3.8) is 0 Å². The normalized spacial score (nSPS) is 10.5. The molecule has 0 heterocycles. The lowest BCUT2D eigenvalue weighted by Gasteiger charge is -2.03. The van der Waals surface area contributed by atoms with E-state index in [4.69, 9.17) is 10.2 Å². The van der Waals surface area contributed by atoms with Crippen LogP contribution in [0, 0.1) is 0 Å². The molecule has 0 bridgehead atoms. The van der Waals surface area contributed by atoms with E-state index in [1.165, 1.54) is 0 Å². The Morgan fingerprint density at radius 3 is 1.42 bits per heavy atom. The van der Waals surface area contributed by atoms with Gasteiger partial charge in [0.1, 0.15) is 0 Å². The number of amides is 2. The summed E-state index contributed by atoms with van der Waals surface area (Å²) in [5.74, 6) is -3.51. The number of aliphatic carboxylic acids is 2. The minimum atomic E-state index is -1.22. The molecule has 0 aliphatic carbocycles. The Morgan fingerprint density at radius 2 is 1.11 bits per heavy atom. The van der Waals surface area contributed by atoms with Crippen LogP contribution in [0.3, 0.4) is 0 Å². The van der Waals surface area contributed by atoms with Crippen molar-refractivity contribution >= 4 is 23.8 Å². The molecule has 0 aliphatic heterocycles. The van der Waals surface area contributed by atoms with Crippen molar-refractivity contribution in [1.82, 2.24) is 10.6 Å². The molecule has 104 valence electrons. The first kappa shape index (κ1) is 16.4. The Hall–Kier alpha value is -2.64. The fraction of sp³-hybridized carbons (Fsp3) is 0.273. The van der Waals surface area contributed by atoms with Gasteiger partial charge in [-0.3, -0.25) is 9.59 Å². The van der Waals surface area contributed by atoms with E-state index in [2.05, 4.69) is 10.6 Å². The van der Waals surface area contributed by atoms with Crippen molar-refractivity contribution < 1.29 is 29.4 Å². The zero-order valence-electron chi connectivity index (χ0n) is 9.96. The molecule has 0 aliphatic rings. The van der Waals surface area contributed by atoms with E-state index in [1.54, 1.807) is 0 Å². The van der Waals surface area contributed by atoms with Crippen molar-refractivity contribution in [2.45, 2.75) is 6.42 Å². The highest BCUT2D eigenvalue weighted by molar-refractivity contribution is 5.94. The molecule has 0 saturated carbocycles. The first-order chi connectivity index (χ1) is 8.91. The summed E-state index contributed by atoms with van der Waals surface area (Å²) in [6.07, 6.45) is 3.63. The summed E-state index contributed by atoms with van der Waals surface area (Å²) in [6.45, 7) is 0.511. The van der Waals surface area contributed by atoms with Crippen LogP contribution in [0.5, 0.6) is 0 Å². The smallest absolute Gasteiger partial charge is 0.328 e. The zero-order valence-corrected chi connectivity index (χ0v) is 9.96. The van der Waals surface area contributed by atoms with Crippen LogP contribution in [0.25, 0.3) is 0 Å². The number of carbonyl (C=O) groups is 4. The maximum atomic E-state index is 11.0. The predicted molar refractivity (Wildman–Crippen MR) is 64.2 cm³/mol. The van der Waals surface area contributed by atoms with Crippen LogP contribution in [0.2, 0.25) is 0 Å². The zero-order chi connectivity index (χ0) is 14.7. The summed E-state index contributed by atoms with van der Waals surface area (Å²) < 4.78 is 0. The van der Waals surface area contributed by atoms with Crippen molar-refractivity contribution in [1.29, 1.82) is 0 Å². The molecule has 0 spiro atoms. The number of carbonyl (C=O) groups excluding carboxylic acids is 2. The predicted octanol–water partition coefficient (Wildman–Crippen LogP) is -1.11. The summed E-state index contributed by atoms with van der Waals surface area (Å²) in [5, 5.41) is 21.3. The van der Waals surface area contributed by atoms with Crippen LogP contribution in [-0.2, 0) is 19.2 Å². The van der Waals surface area contributed by atoms with Crippen molar-refractivity contribution in [3.8, 4) is 0 Å². The van der Waals surface area contributed by atoms with Crippen LogP contribution >= 0.6 is 0 Å². The van der Waals surface area contributed by atoms with Crippen LogP contribution < -0.4 is 10.6 Å². The Labute approximate surface area is 108 Å². The Morgan fingerprint density at radius 1 is 0.737 bits per heavy atom. The third kappa shape index (κ3) is 11.6. The molecule has 0 saturated heterocycles. The molecule has 0 aromatic carbocycles. The van der Waals surface area contributed by atoms with Gasteiger partial charge >= 0.3 is 11.9 Å². The van der Waals surface area contributed by atoms with Gasteiger partial charge in [-0.15, -0.1) is 0 Å². The molecular formula is C11H14N2O6. The van der Waals surface area contributed by atoms with Gasteiger partial charge in [-0.1, -0.05) is 0 Å². The standard InChI is InChI=1S/C11H14N2O6/c14-8(2-4-10(16)17)12-6-1-7-13-9(15)3-5-11(18)19/h2-5H,1,6-7H2,(H,12,14)(H,13,15)(H,16,17)(H,18,19)/b4-2-,5-3+. The van der Waals surface area contributed by atoms with Gasteiger partial charge in [0.2, 0.25) is 11.8 Å². The average molecular weight is 270 g/mol. The number of hydrogen-bond acceptors (Lipinski definition) is 4. The molecule has 4 N–H and O–H groups in total. The molecule has 19 heavy (non-hydrogen) atoms. The van der Waals surface area contributed by atoms with E-state index in [9.17, 15) is 19.2 Å². The Kier molecular flexibility index (Phi) is 8.09. The quantitative estimate of drug-likeness (QED) is 0.326. The third-order valence-electron chi connectivity index (χ3n) is 1.71. The van der Waals surface area contributed by atoms with Gasteiger partial charge in [-0.05, 0) is 6.42 Å². The SMILES string of the molecule is O=C(O)/C=C\C(=O)NCCCNC(=O)/C=C/C(=O)O. The van der Waals surface area contributed by atoms with Crippen molar-refractivity contribution in [2.75, 3.05) is 13.1 Å². The maximum Gasteiger partial charge on any atom is 0.328 e. The van der Waals surface area contributed by atoms with Gasteiger partial charge in [0.25, 0.3) is 0 Å². The summed E-state index contributed by atoms with van der Waals surface area (Å²) in [4.78, 5) is 42.2. The lowest BCUT2D eigenvalue weighted by molar-refractivity contribution is -0.132. The van der Waals surface area contributed by atoms with Gasteiger partial charge in [-0.25, -0.2) is 9.59 Å². The van der Waals surface area contributed by atoms with E-state index in [0.29, 0.717) is 18.6 Å². The number of carboxylic acid groups (broad SMARTS) is 2. The monoisotopic (exact) mass is 270 g/mol. The minimum absolute atomic E-state index is 0.256. The van der Waals surface area contributed by atoms with Crippen molar-refractivity contribution in [3.05, 3.63) is 24.3 Å². The van der Waals surface area contributed by atoms with Gasteiger partial charge < -0.3 is 20.8 Å². The van der Waals surface area contributed by atoms with E-state index in [0.717, 1.165) is 12.2 Å². The summed E-state index contributed by atoms with van der Waals surface area (Å²) in [6, 6.07) is 0. The Bertz CT molecular complexity index is 375. The number of hydrogen-bond donors (Lipinski definition) is 4. The van der Waals surface area contributed by atoms with Crippen LogP contribution in [0.1, 0.15) is 6.42 Å². The summed E-state index contributed by atoms with van der Waals surface area (Å²) in [5.41, 5.74) is 0. The first-order valence-electron chi connectivity index (χ1n) is 5.29. The second-order valence-electron chi connectivity index (χ2n) is 3.28. The van der Waals surface area contributed by atoms with Gasteiger partial charge in [0, 0.05) is 37.4 Å². The molecule has 0 aromatic rings. The molecule has 8 heteroatoms. The average Bonchev–Trinajstić information content (AvgIpc) is 2.33. The van der Waals surface area contributed by atoms with Gasteiger partial charge in [-0.2, -0.15) is 0 Å². The van der Waals surface area contributed by atoms with Gasteiger partial charge in [0.15, 0.2) is 0 Å². The van der Waals surface area contributed by atoms with Crippen LogP contribution in [0.4, 0.5) is 0 Å². The minimum Gasteiger partial charge on any atom is -0.478 e. The number of carboxylic acids is 2. The maximum absolute atomic E-state index is 11.0.